The third kappa shape index (κ3) is 4.47. The number of carbonyl (C=O) groups excluding carboxylic acids is 2. The maximum atomic E-state index is 13.6. The second-order valence-corrected chi connectivity index (χ2v) is 9.14. The molecule has 7 heteroatoms. The van der Waals surface area contributed by atoms with Gasteiger partial charge in [-0.2, -0.15) is 0 Å². The van der Waals surface area contributed by atoms with Crippen molar-refractivity contribution >= 4 is 29.1 Å². The lowest BCUT2D eigenvalue weighted by atomic mass is 9.69. The summed E-state index contributed by atoms with van der Waals surface area (Å²) in [5.74, 6) is -1.87. The Bertz CT molecular complexity index is 1170. The minimum absolute atomic E-state index is 0.0196. The highest BCUT2D eigenvalue weighted by atomic mass is 35.5. The smallest absolute Gasteiger partial charge is 0.315 e. The van der Waals surface area contributed by atoms with Crippen molar-refractivity contribution in [1.29, 1.82) is 0 Å². The number of esters is 1. The second-order valence-electron chi connectivity index (χ2n) is 8.73. The predicted molar refractivity (Wildman–Crippen MR) is 131 cm³/mol. The van der Waals surface area contributed by atoms with E-state index in [1.165, 1.54) is 7.11 Å². The Morgan fingerprint density at radius 2 is 1.91 bits per heavy atom. The zero-order valence-corrected chi connectivity index (χ0v) is 20.3. The molecule has 0 fully saturated rings. The first kappa shape index (κ1) is 24.0. The number of allylic oxidation sites excluding steroid dienone is 2. The van der Waals surface area contributed by atoms with Crippen LogP contribution in [0.1, 0.15) is 56.1 Å². The number of rotatable bonds is 6. The number of benzene rings is 2. The molecule has 0 saturated carbocycles. The molecule has 2 aliphatic rings. The highest BCUT2D eigenvalue weighted by Gasteiger charge is 2.45. The van der Waals surface area contributed by atoms with Crippen molar-refractivity contribution in [2.75, 3.05) is 13.7 Å². The molecule has 6 nitrogen and oxygen atoms in total. The average molecular weight is 482 g/mol. The summed E-state index contributed by atoms with van der Waals surface area (Å²) in [5.41, 5.74) is 3.49. The third-order valence-corrected chi connectivity index (χ3v) is 6.78. The quantitative estimate of drug-likeness (QED) is 0.544. The Balaban J connectivity index is 1.84. The van der Waals surface area contributed by atoms with Crippen LogP contribution in [0.4, 0.5) is 0 Å². The molecule has 178 valence electrons. The van der Waals surface area contributed by atoms with Crippen molar-refractivity contribution in [3.05, 3.63) is 69.9 Å². The molecule has 0 bridgehead atoms. The highest BCUT2D eigenvalue weighted by molar-refractivity contribution is 6.32. The Hall–Kier alpha value is -3.12. The second kappa shape index (κ2) is 10.0. The number of ether oxygens (including phenoxy) is 2. The highest BCUT2D eigenvalue weighted by Crippen LogP contribution is 2.49. The summed E-state index contributed by atoms with van der Waals surface area (Å²) < 4.78 is 10.8. The topological polar surface area (TPSA) is 85.2 Å². The van der Waals surface area contributed by atoms with Gasteiger partial charge in [-0.3, -0.25) is 14.6 Å². The van der Waals surface area contributed by atoms with E-state index in [4.69, 9.17) is 26.1 Å². The Labute approximate surface area is 204 Å². The van der Waals surface area contributed by atoms with Crippen LogP contribution in [-0.2, 0) is 14.3 Å². The first-order valence-corrected chi connectivity index (χ1v) is 11.8. The fourth-order valence-corrected chi connectivity index (χ4v) is 5.13. The monoisotopic (exact) mass is 481 g/mol. The van der Waals surface area contributed by atoms with Gasteiger partial charge in [-0.15, -0.1) is 0 Å². The molecule has 2 aromatic rings. The van der Waals surface area contributed by atoms with E-state index in [0.29, 0.717) is 41.8 Å². The molecule has 1 N–H and O–H groups in total. The molecular weight excluding hydrogens is 454 g/mol. The van der Waals surface area contributed by atoms with Gasteiger partial charge in [-0.1, -0.05) is 48.9 Å². The number of halogens is 1. The van der Waals surface area contributed by atoms with Crippen LogP contribution in [0.3, 0.4) is 0 Å². The van der Waals surface area contributed by atoms with Gasteiger partial charge >= 0.3 is 5.97 Å². The number of nitrogens with zero attached hydrogens (tertiary/aromatic N) is 1. The standard InChI is InChI=1S/C27H28ClNO5/c1-4-10-34-27(32)23-15(2)29-20-12-17(16-8-6-5-7-9-16)13-21(30)25(20)24(23)18-11-19(28)26(31)22(14-18)33-3/h5-9,11,14,17,23-24,31H,4,10,12-13H2,1-3H3/t17-,23?,24-/m1/s1. The maximum Gasteiger partial charge on any atom is 0.315 e. The van der Waals surface area contributed by atoms with E-state index in [2.05, 4.69) is 0 Å². The van der Waals surface area contributed by atoms with Gasteiger partial charge in [-0.05, 0) is 48.9 Å². The van der Waals surface area contributed by atoms with Gasteiger partial charge in [-0.25, -0.2) is 0 Å². The number of ketones is 1. The van der Waals surface area contributed by atoms with Gasteiger partial charge in [0.05, 0.1) is 18.7 Å². The number of aliphatic imine (C=N–C) groups is 1. The van der Waals surface area contributed by atoms with Gasteiger partial charge in [0.15, 0.2) is 17.3 Å². The molecule has 0 spiro atoms. The molecule has 0 saturated heterocycles. The molecule has 0 radical (unpaired) electrons. The Morgan fingerprint density at radius 1 is 1.18 bits per heavy atom. The molecule has 1 aliphatic heterocycles. The fraction of sp³-hybridized carbons (Fsp3) is 0.370. The van der Waals surface area contributed by atoms with Crippen molar-refractivity contribution < 1.29 is 24.2 Å². The maximum absolute atomic E-state index is 13.6. The van der Waals surface area contributed by atoms with Crippen molar-refractivity contribution in [2.24, 2.45) is 10.9 Å². The average Bonchev–Trinajstić information content (AvgIpc) is 2.83. The number of hydrogen-bond donors (Lipinski definition) is 1. The van der Waals surface area contributed by atoms with Crippen molar-refractivity contribution in [1.82, 2.24) is 0 Å². The van der Waals surface area contributed by atoms with Gasteiger partial charge in [0.2, 0.25) is 0 Å². The summed E-state index contributed by atoms with van der Waals surface area (Å²) in [6.45, 7) is 4.00. The number of methoxy groups -OCH3 is 1. The first-order chi connectivity index (χ1) is 16.3. The van der Waals surface area contributed by atoms with Crippen LogP contribution in [0.5, 0.6) is 11.5 Å². The van der Waals surface area contributed by atoms with Crippen molar-refractivity contribution in [2.45, 2.75) is 44.9 Å². The van der Waals surface area contributed by atoms with Crippen LogP contribution in [0, 0.1) is 5.92 Å². The van der Waals surface area contributed by atoms with E-state index in [-0.39, 0.29) is 34.8 Å². The van der Waals surface area contributed by atoms with E-state index >= 15 is 0 Å². The molecule has 0 amide bonds. The molecule has 1 aliphatic carbocycles. The van der Waals surface area contributed by atoms with Crippen LogP contribution >= 0.6 is 11.6 Å². The summed E-state index contributed by atoms with van der Waals surface area (Å²) in [7, 11) is 1.43. The van der Waals surface area contributed by atoms with E-state index < -0.39 is 17.8 Å². The summed E-state index contributed by atoms with van der Waals surface area (Å²) in [4.78, 5) is 31.5. The van der Waals surface area contributed by atoms with Gasteiger partial charge in [0.1, 0.15) is 5.92 Å². The molecular formula is C27H28ClNO5. The van der Waals surface area contributed by atoms with E-state index in [9.17, 15) is 14.7 Å². The van der Waals surface area contributed by atoms with Gasteiger partial charge in [0, 0.05) is 29.3 Å². The minimum atomic E-state index is -0.771. The number of aromatic hydroxyl groups is 1. The summed E-state index contributed by atoms with van der Waals surface area (Å²) >= 11 is 6.30. The zero-order valence-electron chi connectivity index (χ0n) is 19.5. The predicted octanol–water partition coefficient (Wildman–Crippen LogP) is 5.58. The number of Topliss-reactive ketones (excluding diaryl/α,β-unsaturated/α-hetero) is 1. The normalized spacial score (nSPS) is 22.2. The van der Waals surface area contributed by atoms with Crippen LogP contribution < -0.4 is 4.74 Å². The van der Waals surface area contributed by atoms with Crippen molar-refractivity contribution in [3.63, 3.8) is 0 Å². The zero-order chi connectivity index (χ0) is 24.4. The van der Waals surface area contributed by atoms with Crippen LogP contribution in [0.2, 0.25) is 5.02 Å². The fourth-order valence-electron chi connectivity index (χ4n) is 4.91. The summed E-state index contributed by atoms with van der Waals surface area (Å²) in [6, 6.07) is 13.1. The Morgan fingerprint density at radius 3 is 2.59 bits per heavy atom. The number of hydrogen-bond acceptors (Lipinski definition) is 6. The SMILES string of the molecule is CCCOC(=O)C1C(C)=NC2=C(C(=O)C[C@H](c3ccccc3)C2)[C@@H]1c1cc(Cl)c(O)c(OC)c1. The van der Waals surface area contributed by atoms with Crippen LogP contribution in [0.15, 0.2) is 58.7 Å². The molecule has 3 atom stereocenters. The summed E-state index contributed by atoms with van der Waals surface area (Å²) in [5, 5.41) is 10.3. The third-order valence-electron chi connectivity index (χ3n) is 6.49. The lowest BCUT2D eigenvalue weighted by Crippen LogP contribution is -2.38. The molecule has 1 unspecified atom stereocenters. The van der Waals surface area contributed by atoms with Crippen LogP contribution in [-0.4, -0.2) is 36.3 Å². The molecule has 1 heterocycles. The Kier molecular flexibility index (Phi) is 7.08. The van der Waals surface area contributed by atoms with E-state index in [1.807, 2.05) is 37.3 Å². The largest absolute Gasteiger partial charge is 0.503 e. The first-order valence-electron chi connectivity index (χ1n) is 11.4. The minimum Gasteiger partial charge on any atom is -0.503 e. The number of phenolic OH excluding ortho intramolecular Hbond substituents is 1. The summed E-state index contributed by atoms with van der Waals surface area (Å²) in [6.07, 6.45) is 1.61. The van der Waals surface area contributed by atoms with Crippen molar-refractivity contribution in [3.8, 4) is 11.5 Å². The van der Waals surface area contributed by atoms with Crippen LogP contribution in [0.25, 0.3) is 0 Å². The van der Waals surface area contributed by atoms with Gasteiger partial charge < -0.3 is 14.6 Å². The molecule has 0 aromatic heterocycles. The van der Waals surface area contributed by atoms with E-state index in [0.717, 1.165) is 5.56 Å². The lowest BCUT2D eigenvalue weighted by molar-refractivity contribution is -0.146. The van der Waals surface area contributed by atoms with Gasteiger partial charge in [0.25, 0.3) is 0 Å². The number of carbonyl (C=O) groups is 2. The number of phenols is 1. The van der Waals surface area contributed by atoms with E-state index in [1.54, 1.807) is 19.1 Å². The molecule has 4 rings (SSSR count). The molecule has 34 heavy (non-hydrogen) atoms. The lowest BCUT2D eigenvalue weighted by Gasteiger charge is -2.36. The molecule has 2 aromatic carbocycles.